The highest BCUT2D eigenvalue weighted by atomic mass is 16.5. The van der Waals surface area contributed by atoms with Crippen LogP contribution in [0.15, 0.2) is 42.7 Å². The fraction of sp³-hybridized carbons (Fsp3) is 0.286. The van der Waals surface area contributed by atoms with Crippen LogP contribution in [0.1, 0.15) is 12.5 Å². The summed E-state index contributed by atoms with van der Waals surface area (Å²) in [5.74, 6) is -0.268. The van der Waals surface area contributed by atoms with Crippen LogP contribution in [-0.4, -0.2) is 28.9 Å². The van der Waals surface area contributed by atoms with Crippen LogP contribution in [-0.2, 0) is 16.1 Å². The Bertz CT molecular complexity index is 537. The number of methoxy groups -OCH3 is 1. The normalized spacial score (nSPS) is 12.1. The Kier molecular flexibility index (Phi) is 4.30. The van der Waals surface area contributed by atoms with Crippen LogP contribution < -0.4 is 5.32 Å². The molecule has 2 rings (SSSR count). The first-order valence-corrected chi connectivity index (χ1v) is 6.11. The number of hydrogen-bond donors (Lipinski definition) is 1. The van der Waals surface area contributed by atoms with Gasteiger partial charge in [-0.1, -0.05) is 18.2 Å². The Balaban J connectivity index is 1.97. The minimum Gasteiger partial charge on any atom is -0.468 e. The van der Waals surface area contributed by atoms with Gasteiger partial charge in [0.05, 0.1) is 19.0 Å². The SMILES string of the molecule is COC(=O)C(C)NCc1cnn(-c2ccccc2)c1. The molecule has 1 atom stereocenters. The Morgan fingerprint density at radius 3 is 2.84 bits per heavy atom. The van der Waals surface area contributed by atoms with E-state index >= 15 is 0 Å². The van der Waals surface area contributed by atoms with Gasteiger partial charge < -0.3 is 10.1 Å². The van der Waals surface area contributed by atoms with E-state index in [1.54, 1.807) is 17.8 Å². The highest BCUT2D eigenvalue weighted by molar-refractivity contribution is 5.75. The zero-order valence-corrected chi connectivity index (χ0v) is 11.0. The van der Waals surface area contributed by atoms with Crippen LogP contribution in [0.3, 0.4) is 0 Å². The third-order valence-electron chi connectivity index (χ3n) is 2.82. The summed E-state index contributed by atoms with van der Waals surface area (Å²) in [6.45, 7) is 2.34. The highest BCUT2D eigenvalue weighted by Crippen LogP contribution is 2.07. The first-order chi connectivity index (χ1) is 9.20. The molecule has 1 N–H and O–H groups in total. The molecule has 0 bridgehead atoms. The maximum Gasteiger partial charge on any atom is 0.322 e. The number of nitrogens with zero attached hydrogens (tertiary/aromatic N) is 2. The molecular formula is C14H17N3O2. The molecule has 2 aromatic rings. The lowest BCUT2D eigenvalue weighted by atomic mass is 10.3. The maximum atomic E-state index is 11.3. The molecular weight excluding hydrogens is 242 g/mol. The number of para-hydroxylation sites is 1. The molecule has 1 aromatic heterocycles. The molecule has 0 radical (unpaired) electrons. The second-order valence-corrected chi connectivity index (χ2v) is 4.25. The quantitative estimate of drug-likeness (QED) is 0.827. The van der Waals surface area contributed by atoms with Crippen molar-refractivity contribution in [2.24, 2.45) is 0 Å². The fourth-order valence-electron chi connectivity index (χ4n) is 1.70. The number of nitrogens with one attached hydrogen (secondary N) is 1. The van der Waals surface area contributed by atoms with Gasteiger partial charge in [0, 0.05) is 18.3 Å². The summed E-state index contributed by atoms with van der Waals surface area (Å²) in [6.07, 6.45) is 3.72. The molecule has 0 aliphatic rings. The van der Waals surface area contributed by atoms with Crippen LogP contribution in [0, 0.1) is 0 Å². The molecule has 0 saturated carbocycles. The predicted octanol–water partition coefficient (Wildman–Crippen LogP) is 1.52. The maximum absolute atomic E-state index is 11.3. The van der Waals surface area contributed by atoms with Crippen molar-refractivity contribution in [3.63, 3.8) is 0 Å². The number of hydrogen-bond acceptors (Lipinski definition) is 4. The molecule has 100 valence electrons. The third kappa shape index (κ3) is 3.42. The molecule has 5 heteroatoms. The minimum absolute atomic E-state index is 0.268. The van der Waals surface area contributed by atoms with E-state index in [1.165, 1.54) is 7.11 Å². The number of ether oxygens (including phenoxy) is 1. The number of carbonyl (C=O) groups excluding carboxylic acids is 1. The summed E-state index contributed by atoms with van der Waals surface area (Å²) >= 11 is 0. The number of rotatable bonds is 5. The summed E-state index contributed by atoms with van der Waals surface area (Å²) in [4.78, 5) is 11.3. The summed E-state index contributed by atoms with van der Waals surface area (Å²) < 4.78 is 6.46. The Hall–Kier alpha value is -2.14. The van der Waals surface area contributed by atoms with E-state index in [0.717, 1.165) is 11.3 Å². The van der Waals surface area contributed by atoms with Crippen molar-refractivity contribution in [2.75, 3.05) is 7.11 Å². The zero-order valence-electron chi connectivity index (χ0n) is 11.0. The van der Waals surface area contributed by atoms with Crippen molar-refractivity contribution in [3.8, 4) is 5.69 Å². The molecule has 1 unspecified atom stereocenters. The second-order valence-electron chi connectivity index (χ2n) is 4.25. The minimum atomic E-state index is -0.329. The monoisotopic (exact) mass is 259 g/mol. The second kappa shape index (κ2) is 6.15. The van der Waals surface area contributed by atoms with E-state index in [-0.39, 0.29) is 12.0 Å². The Morgan fingerprint density at radius 1 is 1.42 bits per heavy atom. The van der Waals surface area contributed by atoms with Crippen LogP contribution in [0.5, 0.6) is 0 Å². The van der Waals surface area contributed by atoms with Crippen molar-refractivity contribution in [3.05, 3.63) is 48.3 Å². The van der Waals surface area contributed by atoms with Gasteiger partial charge in [0.1, 0.15) is 6.04 Å². The van der Waals surface area contributed by atoms with Gasteiger partial charge in [0.25, 0.3) is 0 Å². The van der Waals surface area contributed by atoms with E-state index in [2.05, 4.69) is 15.2 Å². The molecule has 19 heavy (non-hydrogen) atoms. The van der Waals surface area contributed by atoms with E-state index in [9.17, 15) is 4.79 Å². The lowest BCUT2D eigenvalue weighted by Crippen LogP contribution is -2.34. The average molecular weight is 259 g/mol. The standard InChI is InChI=1S/C14H17N3O2/c1-11(14(18)19-2)15-8-12-9-16-17(10-12)13-6-4-3-5-7-13/h3-7,9-11,15H,8H2,1-2H3. The van der Waals surface area contributed by atoms with Gasteiger partial charge in [-0.05, 0) is 19.1 Å². The van der Waals surface area contributed by atoms with Crippen molar-refractivity contribution < 1.29 is 9.53 Å². The first-order valence-electron chi connectivity index (χ1n) is 6.11. The predicted molar refractivity (Wildman–Crippen MR) is 71.9 cm³/mol. The van der Waals surface area contributed by atoms with E-state index in [4.69, 9.17) is 0 Å². The van der Waals surface area contributed by atoms with Crippen molar-refractivity contribution >= 4 is 5.97 Å². The lowest BCUT2D eigenvalue weighted by Gasteiger charge is -2.09. The number of esters is 1. The molecule has 0 aliphatic carbocycles. The van der Waals surface area contributed by atoms with Gasteiger partial charge in [-0.15, -0.1) is 0 Å². The topological polar surface area (TPSA) is 56.1 Å². The van der Waals surface area contributed by atoms with Gasteiger partial charge >= 0.3 is 5.97 Å². The van der Waals surface area contributed by atoms with Crippen molar-refractivity contribution in [2.45, 2.75) is 19.5 Å². The Morgan fingerprint density at radius 2 is 2.16 bits per heavy atom. The first kappa shape index (κ1) is 13.3. The molecule has 0 fully saturated rings. The smallest absolute Gasteiger partial charge is 0.322 e. The molecule has 5 nitrogen and oxygen atoms in total. The van der Waals surface area contributed by atoms with Gasteiger partial charge in [-0.3, -0.25) is 4.79 Å². The largest absolute Gasteiger partial charge is 0.468 e. The fourth-order valence-corrected chi connectivity index (χ4v) is 1.70. The molecule has 0 amide bonds. The van der Waals surface area contributed by atoms with Gasteiger partial charge in [0.2, 0.25) is 0 Å². The van der Waals surface area contributed by atoms with Crippen LogP contribution in [0.2, 0.25) is 0 Å². The van der Waals surface area contributed by atoms with Gasteiger partial charge in [-0.25, -0.2) is 4.68 Å². The molecule has 0 aliphatic heterocycles. The number of benzene rings is 1. The Labute approximate surface area is 112 Å². The van der Waals surface area contributed by atoms with Gasteiger partial charge in [0.15, 0.2) is 0 Å². The van der Waals surface area contributed by atoms with Crippen molar-refractivity contribution in [1.82, 2.24) is 15.1 Å². The molecule has 1 aromatic carbocycles. The van der Waals surface area contributed by atoms with Gasteiger partial charge in [-0.2, -0.15) is 5.10 Å². The lowest BCUT2D eigenvalue weighted by molar-refractivity contribution is -0.142. The molecule has 1 heterocycles. The summed E-state index contributed by atoms with van der Waals surface area (Å²) in [7, 11) is 1.38. The van der Waals surface area contributed by atoms with Crippen molar-refractivity contribution in [1.29, 1.82) is 0 Å². The van der Waals surface area contributed by atoms with E-state index < -0.39 is 0 Å². The van der Waals surface area contributed by atoms with Crippen LogP contribution >= 0.6 is 0 Å². The van der Waals surface area contributed by atoms with E-state index in [0.29, 0.717) is 6.54 Å². The highest BCUT2D eigenvalue weighted by Gasteiger charge is 2.12. The average Bonchev–Trinajstić information content (AvgIpc) is 2.93. The molecule has 0 spiro atoms. The van der Waals surface area contributed by atoms with Crippen LogP contribution in [0.4, 0.5) is 0 Å². The number of aromatic nitrogens is 2. The van der Waals surface area contributed by atoms with E-state index in [1.807, 2.05) is 36.5 Å². The number of carbonyl (C=O) groups is 1. The summed E-state index contributed by atoms with van der Waals surface area (Å²) in [5.41, 5.74) is 2.02. The van der Waals surface area contributed by atoms with Crippen LogP contribution in [0.25, 0.3) is 5.69 Å². The summed E-state index contributed by atoms with van der Waals surface area (Å²) in [6, 6.07) is 9.54. The third-order valence-corrected chi connectivity index (χ3v) is 2.82. The molecule has 0 saturated heterocycles. The summed E-state index contributed by atoms with van der Waals surface area (Å²) in [5, 5.41) is 7.38. The zero-order chi connectivity index (χ0) is 13.7.